The second kappa shape index (κ2) is 5.89. The third kappa shape index (κ3) is 2.73. The molecule has 0 aliphatic carbocycles. The molecule has 0 radical (unpaired) electrons. The molecule has 1 saturated heterocycles. The van der Waals surface area contributed by atoms with Gasteiger partial charge in [0.15, 0.2) is 0 Å². The second-order valence-electron chi connectivity index (χ2n) is 5.03. The van der Waals surface area contributed by atoms with E-state index in [4.69, 9.17) is 4.74 Å². The zero-order valence-corrected chi connectivity index (χ0v) is 11.3. The van der Waals surface area contributed by atoms with E-state index < -0.39 is 0 Å². The molecular weight excluding hydrogens is 250 g/mol. The van der Waals surface area contributed by atoms with Gasteiger partial charge in [-0.2, -0.15) is 5.26 Å². The van der Waals surface area contributed by atoms with Gasteiger partial charge in [-0.1, -0.05) is 18.2 Å². The molecule has 4 heteroatoms. The zero-order chi connectivity index (χ0) is 13.8. The fourth-order valence-electron chi connectivity index (χ4n) is 2.59. The van der Waals surface area contributed by atoms with Crippen molar-refractivity contribution in [2.24, 2.45) is 0 Å². The van der Waals surface area contributed by atoms with Crippen LogP contribution in [0, 0.1) is 11.3 Å². The lowest BCUT2D eigenvalue weighted by molar-refractivity contribution is 0.107. The van der Waals surface area contributed by atoms with Crippen LogP contribution in [0.1, 0.15) is 24.8 Å². The highest BCUT2D eigenvalue weighted by Crippen LogP contribution is 2.20. The average molecular weight is 267 g/mol. The topological polar surface area (TPSA) is 57.9 Å². The van der Waals surface area contributed by atoms with Crippen molar-refractivity contribution in [3.8, 4) is 6.07 Å². The summed E-state index contributed by atoms with van der Waals surface area (Å²) in [5.41, 5.74) is 1.52. The number of ether oxygens (including phenoxy) is 1. The summed E-state index contributed by atoms with van der Waals surface area (Å²) in [5.74, 6) is 0.762. The van der Waals surface area contributed by atoms with Crippen LogP contribution < -0.4 is 5.32 Å². The summed E-state index contributed by atoms with van der Waals surface area (Å²) in [4.78, 5) is 4.54. The van der Waals surface area contributed by atoms with Gasteiger partial charge in [0.2, 0.25) is 0 Å². The molecular formula is C16H17N3O. The Hall–Kier alpha value is -2.12. The third-order valence-corrected chi connectivity index (χ3v) is 3.63. The summed E-state index contributed by atoms with van der Waals surface area (Å²) in [6.45, 7) is 1.71. The monoisotopic (exact) mass is 267 g/mol. The number of fused-ring (bicyclic) bond motifs is 1. The first-order valence-electron chi connectivity index (χ1n) is 7.02. The lowest BCUT2D eigenvalue weighted by Crippen LogP contribution is -2.13. The number of rotatable bonds is 4. The van der Waals surface area contributed by atoms with Crippen LogP contribution in [-0.2, 0) is 4.74 Å². The fourth-order valence-corrected chi connectivity index (χ4v) is 2.59. The number of para-hydroxylation sites is 1. The van der Waals surface area contributed by atoms with E-state index in [1.807, 2.05) is 30.3 Å². The van der Waals surface area contributed by atoms with Crippen molar-refractivity contribution in [1.29, 1.82) is 5.26 Å². The van der Waals surface area contributed by atoms with Crippen LogP contribution in [0.2, 0.25) is 0 Å². The van der Waals surface area contributed by atoms with Crippen molar-refractivity contribution in [2.75, 3.05) is 18.5 Å². The van der Waals surface area contributed by atoms with Crippen LogP contribution in [0.15, 0.2) is 30.3 Å². The number of anilines is 1. The molecule has 102 valence electrons. The van der Waals surface area contributed by atoms with E-state index in [0.717, 1.165) is 49.1 Å². The van der Waals surface area contributed by atoms with Crippen molar-refractivity contribution < 1.29 is 4.74 Å². The molecule has 2 heterocycles. The molecule has 1 aliphatic rings. The van der Waals surface area contributed by atoms with E-state index in [0.29, 0.717) is 11.7 Å². The van der Waals surface area contributed by atoms with Crippen molar-refractivity contribution in [1.82, 2.24) is 4.98 Å². The molecule has 1 aromatic heterocycles. The zero-order valence-electron chi connectivity index (χ0n) is 11.3. The molecule has 1 atom stereocenters. The van der Waals surface area contributed by atoms with Gasteiger partial charge in [-0.3, -0.25) is 0 Å². The van der Waals surface area contributed by atoms with E-state index in [9.17, 15) is 5.26 Å². The largest absolute Gasteiger partial charge is 0.378 e. The van der Waals surface area contributed by atoms with Crippen molar-refractivity contribution in [2.45, 2.75) is 25.4 Å². The van der Waals surface area contributed by atoms with E-state index in [1.54, 1.807) is 0 Å². The number of nitrogens with zero attached hydrogens (tertiary/aromatic N) is 2. The molecule has 1 unspecified atom stereocenters. The molecule has 1 aliphatic heterocycles. The first kappa shape index (κ1) is 12.9. The highest BCUT2D eigenvalue weighted by Gasteiger charge is 2.14. The number of nitrogens with one attached hydrogen (secondary N) is 1. The van der Waals surface area contributed by atoms with Gasteiger partial charge in [0.05, 0.1) is 23.3 Å². The van der Waals surface area contributed by atoms with Crippen LogP contribution >= 0.6 is 0 Å². The van der Waals surface area contributed by atoms with Gasteiger partial charge < -0.3 is 10.1 Å². The average Bonchev–Trinajstić information content (AvgIpc) is 2.99. The van der Waals surface area contributed by atoms with Crippen LogP contribution in [0.3, 0.4) is 0 Å². The Morgan fingerprint density at radius 2 is 2.30 bits per heavy atom. The number of nitriles is 1. The molecule has 1 aromatic carbocycles. The van der Waals surface area contributed by atoms with Crippen LogP contribution in [0.4, 0.5) is 5.82 Å². The van der Waals surface area contributed by atoms with Gasteiger partial charge in [0.25, 0.3) is 0 Å². The summed E-state index contributed by atoms with van der Waals surface area (Å²) >= 11 is 0. The molecule has 20 heavy (non-hydrogen) atoms. The molecule has 1 fully saturated rings. The predicted octanol–water partition coefficient (Wildman–Crippen LogP) is 3.09. The molecule has 2 aromatic rings. The minimum absolute atomic E-state index is 0.374. The molecule has 0 amide bonds. The quantitative estimate of drug-likeness (QED) is 0.924. The van der Waals surface area contributed by atoms with Gasteiger partial charge >= 0.3 is 0 Å². The Morgan fingerprint density at radius 3 is 3.10 bits per heavy atom. The van der Waals surface area contributed by atoms with E-state index in [2.05, 4.69) is 16.4 Å². The summed E-state index contributed by atoms with van der Waals surface area (Å²) in [6, 6.07) is 11.8. The van der Waals surface area contributed by atoms with Crippen LogP contribution in [-0.4, -0.2) is 24.2 Å². The maximum atomic E-state index is 9.23. The molecule has 1 N–H and O–H groups in total. The van der Waals surface area contributed by atoms with Gasteiger partial charge in [-0.05, 0) is 31.4 Å². The highest BCUT2D eigenvalue weighted by atomic mass is 16.5. The van der Waals surface area contributed by atoms with Gasteiger partial charge in [0, 0.05) is 18.5 Å². The van der Waals surface area contributed by atoms with Gasteiger partial charge in [0.1, 0.15) is 5.82 Å². The Labute approximate surface area is 118 Å². The minimum atomic E-state index is 0.374. The Balaban J connectivity index is 1.73. The summed E-state index contributed by atoms with van der Waals surface area (Å²) in [5, 5.41) is 13.4. The SMILES string of the molecule is N#Cc1cc(NCCC2CCCO2)nc2ccccc12. The van der Waals surface area contributed by atoms with Gasteiger partial charge in [-0.15, -0.1) is 0 Å². The van der Waals surface area contributed by atoms with Crippen molar-refractivity contribution in [3.05, 3.63) is 35.9 Å². The first-order chi connectivity index (χ1) is 9.86. The van der Waals surface area contributed by atoms with E-state index in [-0.39, 0.29) is 0 Å². The first-order valence-corrected chi connectivity index (χ1v) is 7.02. The van der Waals surface area contributed by atoms with Crippen LogP contribution in [0.25, 0.3) is 10.9 Å². The number of pyridine rings is 1. The maximum Gasteiger partial charge on any atom is 0.127 e. The summed E-state index contributed by atoms with van der Waals surface area (Å²) in [6.07, 6.45) is 3.67. The van der Waals surface area contributed by atoms with Gasteiger partial charge in [-0.25, -0.2) is 4.98 Å². The number of hydrogen-bond donors (Lipinski definition) is 1. The van der Waals surface area contributed by atoms with E-state index in [1.165, 1.54) is 0 Å². The number of aromatic nitrogens is 1. The molecule has 0 bridgehead atoms. The molecule has 3 rings (SSSR count). The molecule has 0 spiro atoms. The molecule has 4 nitrogen and oxygen atoms in total. The maximum absolute atomic E-state index is 9.23. The second-order valence-corrected chi connectivity index (χ2v) is 5.03. The highest BCUT2D eigenvalue weighted by molar-refractivity contribution is 5.86. The van der Waals surface area contributed by atoms with Crippen molar-refractivity contribution >= 4 is 16.7 Å². The number of hydrogen-bond acceptors (Lipinski definition) is 4. The lowest BCUT2D eigenvalue weighted by Gasteiger charge is -2.11. The Bertz CT molecular complexity index is 642. The fraction of sp³-hybridized carbons (Fsp3) is 0.375. The third-order valence-electron chi connectivity index (χ3n) is 3.63. The molecule has 0 saturated carbocycles. The van der Waals surface area contributed by atoms with E-state index >= 15 is 0 Å². The smallest absolute Gasteiger partial charge is 0.127 e. The summed E-state index contributed by atoms with van der Waals surface area (Å²) in [7, 11) is 0. The predicted molar refractivity (Wildman–Crippen MR) is 78.5 cm³/mol. The van der Waals surface area contributed by atoms with Crippen molar-refractivity contribution in [3.63, 3.8) is 0 Å². The Kier molecular flexibility index (Phi) is 3.80. The lowest BCUT2D eigenvalue weighted by atomic mass is 10.1. The Morgan fingerprint density at radius 1 is 1.40 bits per heavy atom. The minimum Gasteiger partial charge on any atom is -0.378 e. The summed E-state index contributed by atoms with van der Waals surface area (Å²) < 4.78 is 5.59. The normalized spacial score (nSPS) is 18.1. The standard InChI is InChI=1S/C16H17N3O/c17-11-12-10-16(18-8-7-13-4-3-9-20-13)19-15-6-2-1-5-14(12)15/h1-2,5-6,10,13H,3-4,7-9H2,(H,18,19). The number of benzene rings is 1. The van der Waals surface area contributed by atoms with Crippen LogP contribution in [0.5, 0.6) is 0 Å².